The third kappa shape index (κ3) is 7.66. The van der Waals surface area contributed by atoms with Crippen LogP contribution in [0.4, 0.5) is 0 Å². The van der Waals surface area contributed by atoms with Crippen LogP contribution in [0.25, 0.3) is 0 Å². The van der Waals surface area contributed by atoms with Gasteiger partial charge in [-0.3, -0.25) is 4.99 Å². The number of aliphatic imine (C=N–C) groups is 1. The highest BCUT2D eigenvalue weighted by molar-refractivity contribution is 14.0. The highest BCUT2D eigenvalue weighted by Gasteiger charge is 2.15. The van der Waals surface area contributed by atoms with E-state index in [-0.39, 0.29) is 35.3 Å². The largest absolute Gasteiger partial charge is 0.355 e. The lowest BCUT2D eigenvalue weighted by Gasteiger charge is -2.23. The number of sulfone groups is 1. The van der Waals surface area contributed by atoms with Gasteiger partial charge in [-0.2, -0.15) is 0 Å². The highest BCUT2D eigenvalue weighted by Crippen LogP contribution is 2.09. The molecular weight excluding hydrogens is 401 g/mol. The van der Waals surface area contributed by atoms with Gasteiger partial charge in [0, 0.05) is 19.1 Å². The average molecular weight is 425 g/mol. The Labute approximate surface area is 144 Å². The van der Waals surface area contributed by atoms with Gasteiger partial charge < -0.3 is 10.6 Å². The summed E-state index contributed by atoms with van der Waals surface area (Å²) in [6, 6.07) is 8.46. The maximum absolute atomic E-state index is 12.1. The Morgan fingerprint density at radius 2 is 1.76 bits per heavy atom. The molecule has 0 aliphatic heterocycles. The zero-order chi connectivity index (χ0) is 15.2. The van der Waals surface area contributed by atoms with Crippen molar-refractivity contribution in [3.63, 3.8) is 0 Å². The molecule has 2 N–H and O–H groups in total. The van der Waals surface area contributed by atoms with Crippen LogP contribution in [0, 0.1) is 0 Å². The van der Waals surface area contributed by atoms with Crippen LogP contribution in [-0.4, -0.2) is 39.3 Å². The Bertz CT molecular complexity index is 551. The first kappa shape index (κ1) is 20.2. The summed E-state index contributed by atoms with van der Waals surface area (Å²) in [4.78, 5) is 4.41. The van der Waals surface area contributed by atoms with Crippen LogP contribution in [0.15, 0.2) is 40.2 Å². The summed E-state index contributed by atoms with van der Waals surface area (Å²) in [6.45, 7) is 6.36. The third-order valence-corrected chi connectivity index (χ3v) is 4.21. The number of halogens is 1. The first-order valence-corrected chi connectivity index (χ1v) is 8.16. The van der Waals surface area contributed by atoms with Crippen LogP contribution in [0.3, 0.4) is 0 Å². The van der Waals surface area contributed by atoms with Crippen LogP contribution in [-0.2, 0) is 9.84 Å². The van der Waals surface area contributed by atoms with Crippen LogP contribution in [0.5, 0.6) is 0 Å². The van der Waals surface area contributed by atoms with Gasteiger partial charge in [-0.05, 0) is 32.9 Å². The molecule has 1 aromatic carbocycles. The molecule has 0 atom stereocenters. The fraction of sp³-hybridized carbons (Fsp3) is 0.500. The molecule has 1 aromatic rings. The Hall–Kier alpha value is -0.830. The zero-order valence-corrected chi connectivity index (χ0v) is 16.0. The van der Waals surface area contributed by atoms with E-state index in [9.17, 15) is 8.42 Å². The second-order valence-electron chi connectivity index (χ2n) is 5.51. The molecule has 0 unspecified atom stereocenters. The molecule has 0 aliphatic rings. The van der Waals surface area contributed by atoms with Gasteiger partial charge in [0.1, 0.15) is 0 Å². The molecule has 5 nitrogen and oxygen atoms in total. The summed E-state index contributed by atoms with van der Waals surface area (Å²) in [5.41, 5.74) is -0.125. The van der Waals surface area contributed by atoms with Gasteiger partial charge in [0.05, 0.1) is 10.6 Å². The molecular formula is C14H24IN3O2S. The van der Waals surface area contributed by atoms with Crippen molar-refractivity contribution >= 4 is 39.8 Å². The number of nitrogens with one attached hydrogen (secondary N) is 2. The topological polar surface area (TPSA) is 70.6 Å². The monoisotopic (exact) mass is 425 g/mol. The van der Waals surface area contributed by atoms with E-state index in [4.69, 9.17) is 0 Å². The predicted molar refractivity (Wildman–Crippen MR) is 98.2 cm³/mol. The van der Waals surface area contributed by atoms with E-state index in [1.165, 1.54) is 0 Å². The van der Waals surface area contributed by atoms with Crippen molar-refractivity contribution in [2.45, 2.75) is 31.2 Å². The third-order valence-electron chi connectivity index (χ3n) is 2.48. The van der Waals surface area contributed by atoms with Crippen molar-refractivity contribution in [2.75, 3.05) is 19.3 Å². The maximum atomic E-state index is 12.1. The molecule has 0 heterocycles. The number of guanidine groups is 1. The molecule has 0 aromatic heterocycles. The van der Waals surface area contributed by atoms with Gasteiger partial charge in [0.2, 0.25) is 0 Å². The van der Waals surface area contributed by atoms with E-state index in [1.54, 1.807) is 37.4 Å². The van der Waals surface area contributed by atoms with Gasteiger partial charge in [0.15, 0.2) is 15.8 Å². The van der Waals surface area contributed by atoms with Crippen LogP contribution in [0.1, 0.15) is 20.8 Å². The first-order chi connectivity index (χ1) is 9.24. The molecule has 0 saturated heterocycles. The second-order valence-corrected chi connectivity index (χ2v) is 7.62. The molecule has 0 bridgehead atoms. The Morgan fingerprint density at radius 1 is 1.19 bits per heavy atom. The van der Waals surface area contributed by atoms with Crippen LogP contribution >= 0.6 is 24.0 Å². The minimum atomic E-state index is -3.25. The lowest BCUT2D eigenvalue weighted by Crippen LogP contribution is -2.48. The Kier molecular flexibility index (Phi) is 8.23. The molecule has 7 heteroatoms. The quantitative estimate of drug-likeness (QED) is 0.440. The van der Waals surface area contributed by atoms with Crippen molar-refractivity contribution in [2.24, 2.45) is 4.99 Å². The lowest BCUT2D eigenvalue weighted by molar-refractivity contribution is 0.502. The molecule has 0 aliphatic carbocycles. The highest BCUT2D eigenvalue weighted by atomic mass is 127. The molecule has 0 spiro atoms. The zero-order valence-electron chi connectivity index (χ0n) is 12.9. The van der Waals surface area contributed by atoms with Gasteiger partial charge in [-0.1, -0.05) is 18.2 Å². The average Bonchev–Trinajstić information content (AvgIpc) is 2.37. The second kappa shape index (κ2) is 8.57. The summed E-state index contributed by atoms with van der Waals surface area (Å²) in [5, 5.41) is 6.19. The van der Waals surface area contributed by atoms with Gasteiger partial charge >= 0.3 is 0 Å². The van der Waals surface area contributed by atoms with E-state index in [1.807, 2.05) is 20.8 Å². The minimum absolute atomic E-state index is 0. The number of hydrogen-bond acceptors (Lipinski definition) is 3. The van der Waals surface area contributed by atoms with Gasteiger partial charge in [-0.15, -0.1) is 24.0 Å². The fourth-order valence-electron chi connectivity index (χ4n) is 1.58. The van der Waals surface area contributed by atoms with E-state index in [0.29, 0.717) is 17.4 Å². The van der Waals surface area contributed by atoms with E-state index < -0.39 is 9.84 Å². The summed E-state index contributed by atoms with van der Waals surface area (Å²) < 4.78 is 24.2. The van der Waals surface area contributed by atoms with Gasteiger partial charge in [0.25, 0.3) is 0 Å². The van der Waals surface area contributed by atoms with Crippen molar-refractivity contribution in [1.82, 2.24) is 10.6 Å². The van der Waals surface area contributed by atoms with Crippen molar-refractivity contribution in [3.8, 4) is 0 Å². The maximum Gasteiger partial charge on any atom is 0.191 e. The van der Waals surface area contributed by atoms with Gasteiger partial charge in [-0.25, -0.2) is 8.42 Å². The molecule has 0 amide bonds. The van der Waals surface area contributed by atoms with Crippen LogP contribution < -0.4 is 10.6 Å². The first-order valence-electron chi connectivity index (χ1n) is 6.51. The van der Waals surface area contributed by atoms with E-state index in [0.717, 1.165) is 0 Å². The fourth-order valence-corrected chi connectivity index (χ4v) is 2.76. The summed E-state index contributed by atoms with van der Waals surface area (Å²) in [5.74, 6) is 0.628. The molecule has 120 valence electrons. The lowest BCUT2D eigenvalue weighted by atomic mass is 10.1. The molecule has 0 saturated carbocycles. The van der Waals surface area contributed by atoms with E-state index >= 15 is 0 Å². The van der Waals surface area contributed by atoms with E-state index in [2.05, 4.69) is 15.6 Å². The Balaban J connectivity index is 0.00000400. The van der Waals surface area contributed by atoms with Crippen molar-refractivity contribution in [1.29, 1.82) is 0 Å². The standard InChI is InChI=1S/C14H23N3O2S.HI/c1-14(2,3)17-13(15-4)16-10-11-20(18,19)12-8-6-5-7-9-12;/h5-9H,10-11H2,1-4H3,(H2,15,16,17);1H. The number of nitrogens with zero attached hydrogens (tertiary/aromatic N) is 1. The van der Waals surface area contributed by atoms with Crippen molar-refractivity contribution < 1.29 is 8.42 Å². The predicted octanol–water partition coefficient (Wildman–Crippen LogP) is 2.04. The molecule has 1 rings (SSSR count). The number of benzene rings is 1. The normalized spacial score (nSPS) is 12.5. The summed E-state index contributed by atoms with van der Waals surface area (Å²) in [7, 11) is -1.59. The summed E-state index contributed by atoms with van der Waals surface area (Å²) in [6.07, 6.45) is 0. The Morgan fingerprint density at radius 3 is 2.24 bits per heavy atom. The SMILES string of the molecule is CN=C(NCCS(=O)(=O)c1ccccc1)NC(C)(C)C.I. The molecule has 0 radical (unpaired) electrons. The summed E-state index contributed by atoms with van der Waals surface area (Å²) >= 11 is 0. The molecule has 21 heavy (non-hydrogen) atoms. The minimum Gasteiger partial charge on any atom is -0.355 e. The van der Waals surface area contributed by atoms with Crippen LogP contribution in [0.2, 0.25) is 0 Å². The number of hydrogen-bond donors (Lipinski definition) is 2. The van der Waals surface area contributed by atoms with Crippen molar-refractivity contribution in [3.05, 3.63) is 30.3 Å². The smallest absolute Gasteiger partial charge is 0.191 e. The molecule has 0 fully saturated rings. The number of rotatable bonds is 4.